The Bertz CT molecular complexity index is 264. The Morgan fingerprint density at radius 2 is 2.00 bits per heavy atom. The molecule has 0 bridgehead atoms. The smallest absolute Gasteiger partial charge is 0.224 e. The average Bonchev–Trinajstić information content (AvgIpc) is 2.76. The van der Waals surface area contributed by atoms with Crippen molar-refractivity contribution in [1.29, 1.82) is 0 Å². The number of hydrogen-bond donors (Lipinski definition) is 0. The van der Waals surface area contributed by atoms with Crippen LogP contribution in [0.25, 0.3) is 0 Å². The Hall–Kier alpha value is -0.610. The largest absolute Gasteiger partial charge is 0.378 e. The number of hydrogen-bond acceptors (Lipinski definition) is 3. The molecule has 2 heterocycles. The van der Waals surface area contributed by atoms with Crippen molar-refractivity contribution >= 4 is 5.91 Å². The zero-order chi connectivity index (χ0) is 11.6. The van der Waals surface area contributed by atoms with Crippen LogP contribution in [0.2, 0.25) is 0 Å². The van der Waals surface area contributed by atoms with Crippen molar-refractivity contribution in [3.8, 4) is 0 Å². The van der Waals surface area contributed by atoms with Crippen molar-refractivity contribution in [2.45, 2.75) is 31.7 Å². The van der Waals surface area contributed by atoms with Gasteiger partial charge in [0.2, 0.25) is 5.91 Å². The fourth-order valence-corrected chi connectivity index (χ4v) is 2.46. The van der Waals surface area contributed by atoms with E-state index < -0.39 is 0 Å². The predicted molar refractivity (Wildman–Crippen MR) is 62.3 cm³/mol. The number of likely N-dealkylation sites (N-methyl/N-ethyl adjacent to an activating group) is 1. The summed E-state index contributed by atoms with van der Waals surface area (Å²) in [6.07, 6.45) is 2.91. The van der Waals surface area contributed by atoms with Crippen LogP contribution in [0, 0.1) is 0 Å². The summed E-state index contributed by atoms with van der Waals surface area (Å²) >= 11 is 0. The van der Waals surface area contributed by atoms with Gasteiger partial charge in [0.05, 0.1) is 13.2 Å². The van der Waals surface area contributed by atoms with Gasteiger partial charge in [-0.25, -0.2) is 0 Å². The standard InChI is InChI=1S/C12H22N2O2/c1-12(10-16-8-7-13(12)2)9-11(15)14-5-3-4-6-14/h3-10H2,1-2H3. The maximum absolute atomic E-state index is 12.1. The topological polar surface area (TPSA) is 32.8 Å². The second-order valence-corrected chi connectivity index (χ2v) is 5.24. The van der Waals surface area contributed by atoms with E-state index >= 15 is 0 Å². The van der Waals surface area contributed by atoms with E-state index in [1.807, 2.05) is 4.90 Å². The van der Waals surface area contributed by atoms with Gasteiger partial charge in [0.1, 0.15) is 0 Å². The molecule has 1 atom stereocenters. The lowest BCUT2D eigenvalue weighted by molar-refractivity contribution is -0.136. The molecular formula is C12H22N2O2. The molecule has 4 nitrogen and oxygen atoms in total. The van der Waals surface area contributed by atoms with Gasteiger partial charge in [-0.15, -0.1) is 0 Å². The molecule has 2 saturated heterocycles. The molecule has 0 aliphatic carbocycles. The number of amides is 1. The fourth-order valence-electron chi connectivity index (χ4n) is 2.46. The molecule has 0 spiro atoms. The zero-order valence-corrected chi connectivity index (χ0v) is 10.4. The zero-order valence-electron chi connectivity index (χ0n) is 10.4. The second kappa shape index (κ2) is 4.72. The summed E-state index contributed by atoms with van der Waals surface area (Å²) in [5, 5.41) is 0. The summed E-state index contributed by atoms with van der Waals surface area (Å²) in [7, 11) is 2.08. The summed E-state index contributed by atoms with van der Waals surface area (Å²) in [6, 6.07) is 0. The van der Waals surface area contributed by atoms with Gasteiger partial charge in [0.15, 0.2) is 0 Å². The quantitative estimate of drug-likeness (QED) is 0.695. The Morgan fingerprint density at radius 1 is 1.31 bits per heavy atom. The molecule has 0 saturated carbocycles. The molecule has 1 amide bonds. The Kier molecular flexibility index (Phi) is 3.50. The lowest BCUT2D eigenvalue weighted by atomic mass is 9.95. The van der Waals surface area contributed by atoms with Crippen LogP contribution in [0.4, 0.5) is 0 Å². The van der Waals surface area contributed by atoms with Crippen molar-refractivity contribution in [3.63, 3.8) is 0 Å². The van der Waals surface area contributed by atoms with Crippen molar-refractivity contribution < 1.29 is 9.53 Å². The summed E-state index contributed by atoms with van der Waals surface area (Å²) in [5.41, 5.74) is -0.113. The lowest BCUT2D eigenvalue weighted by Gasteiger charge is -2.42. The van der Waals surface area contributed by atoms with Crippen molar-refractivity contribution in [3.05, 3.63) is 0 Å². The molecule has 0 radical (unpaired) electrons. The fraction of sp³-hybridized carbons (Fsp3) is 0.917. The van der Waals surface area contributed by atoms with E-state index in [9.17, 15) is 4.79 Å². The summed E-state index contributed by atoms with van der Waals surface area (Å²) in [5.74, 6) is 0.289. The molecule has 2 aliphatic rings. The minimum Gasteiger partial charge on any atom is -0.378 e. The van der Waals surface area contributed by atoms with Crippen LogP contribution in [-0.4, -0.2) is 61.1 Å². The van der Waals surface area contributed by atoms with Crippen molar-refractivity contribution in [2.24, 2.45) is 0 Å². The molecule has 92 valence electrons. The van der Waals surface area contributed by atoms with Gasteiger partial charge < -0.3 is 9.64 Å². The summed E-state index contributed by atoms with van der Waals surface area (Å²) in [4.78, 5) is 16.4. The van der Waals surface area contributed by atoms with Crippen LogP contribution in [0.5, 0.6) is 0 Å². The number of carbonyl (C=O) groups is 1. The number of likely N-dealkylation sites (tertiary alicyclic amines) is 1. The molecule has 0 aromatic rings. The highest BCUT2D eigenvalue weighted by molar-refractivity contribution is 5.77. The number of carbonyl (C=O) groups excluding carboxylic acids is 1. The average molecular weight is 226 g/mol. The SMILES string of the molecule is CN1CCOCC1(C)CC(=O)N1CCCC1. The highest BCUT2D eigenvalue weighted by Crippen LogP contribution is 2.23. The molecule has 4 heteroatoms. The normalized spacial score (nSPS) is 32.0. The molecule has 1 unspecified atom stereocenters. The molecule has 2 fully saturated rings. The molecule has 2 aliphatic heterocycles. The lowest BCUT2D eigenvalue weighted by Crippen LogP contribution is -2.55. The Morgan fingerprint density at radius 3 is 2.62 bits per heavy atom. The van der Waals surface area contributed by atoms with Gasteiger partial charge in [0.25, 0.3) is 0 Å². The first-order valence-corrected chi connectivity index (χ1v) is 6.19. The van der Waals surface area contributed by atoms with Crippen LogP contribution in [0.1, 0.15) is 26.2 Å². The molecular weight excluding hydrogens is 204 g/mol. The summed E-state index contributed by atoms with van der Waals surface area (Å²) < 4.78 is 5.51. The Balaban J connectivity index is 1.93. The number of nitrogens with zero attached hydrogens (tertiary/aromatic N) is 2. The maximum atomic E-state index is 12.1. The first-order valence-electron chi connectivity index (χ1n) is 6.19. The third-order valence-corrected chi connectivity index (χ3v) is 3.90. The van der Waals surface area contributed by atoms with E-state index in [2.05, 4.69) is 18.9 Å². The minimum absolute atomic E-state index is 0.113. The van der Waals surface area contributed by atoms with Crippen LogP contribution in [0.3, 0.4) is 0 Å². The van der Waals surface area contributed by atoms with E-state index in [1.165, 1.54) is 0 Å². The van der Waals surface area contributed by atoms with E-state index in [0.717, 1.165) is 39.1 Å². The van der Waals surface area contributed by atoms with E-state index in [4.69, 9.17) is 4.74 Å². The van der Waals surface area contributed by atoms with E-state index in [1.54, 1.807) is 0 Å². The van der Waals surface area contributed by atoms with Gasteiger partial charge in [-0.2, -0.15) is 0 Å². The monoisotopic (exact) mass is 226 g/mol. The van der Waals surface area contributed by atoms with Crippen LogP contribution in [-0.2, 0) is 9.53 Å². The van der Waals surface area contributed by atoms with Crippen molar-refractivity contribution in [2.75, 3.05) is 39.9 Å². The summed E-state index contributed by atoms with van der Waals surface area (Å²) in [6.45, 7) is 6.38. The third-order valence-electron chi connectivity index (χ3n) is 3.90. The second-order valence-electron chi connectivity index (χ2n) is 5.24. The first kappa shape index (κ1) is 11.9. The van der Waals surface area contributed by atoms with Gasteiger partial charge >= 0.3 is 0 Å². The molecule has 2 rings (SSSR count). The first-order chi connectivity index (χ1) is 7.62. The highest BCUT2D eigenvalue weighted by atomic mass is 16.5. The molecule has 0 aromatic carbocycles. The van der Waals surface area contributed by atoms with E-state index in [0.29, 0.717) is 13.0 Å². The number of morpholine rings is 1. The van der Waals surface area contributed by atoms with Gasteiger partial charge in [-0.1, -0.05) is 0 Å². The van der Waals surface area contributed by atoms with Crippen LogP contribution >= 0.6 is 0 Å². The highest BCUT2D eigenvalue weighted by Gasteiger charge is 2.36. The van der Waals surface area contributed by atoms with Crippen LogP contribution in [0.15, 0.2) is 0 Å². The molecule has 16 heavy (non-hydrogen) atoms. The van der Waals surface area contributed by atoms with Gasteiger partial charge in [-0.05, 0) is 26.8 Å². The number of rotatable bonds is 2. The predicted octanol–water partition coefficient (Wildman–Crippen LogP) is 0.720. The number of ether oxygens (including phenoxy) is 1. The Labute approximate surface area is 97.5 Å². The third kappa shape index (κ3) is 2.38. The van der Waals surface area contributed by atoms with Gasteiger partial charge in [-0.3, -0.25) is 9.69 Å². The maximum Gasteiger partial charge on any atom is 0.224 e. The van der Waals surface area contributed by atoms with E-state index in [-0.39, 0.29) is 11.4 Å². The van der Waals surface area contributed by atoms with Crippen LogP contribution < -0.4 is 0 Å². The van der Waals surface area contributed by atoms with Crippen molar-refractivity contribution in [1.82, 2.24) is 9.80 Å². The minimum atomic E-state index is -0.113. The van der Waals surface area contributed by atoms with Gasteiger partial charge in [0, 0.05) is 31.6 Å². The molecule has 0 N–H and O–H groups in total. The molecule has 0 aromatic heterocycles.